The molecule has 0 saturated carbocycles. The Kier molecular flexibility index (Phi) is 3.14. The SMILES string of the molecule is Fc1cccc(Nc2c(F)c(F)cc(F)c2F)n1. The highest BCUT2D eigenvalue weighted by Crippen LogP contribution is 2.26. The summed E-state index contributed by atoms with van der Waals surface area (Å²) in [5.41, 5.74) is -1.06. The molecule has 0 aliphatic heterocycles. The summed E-state index contributed by atoms with van der Waals surface area (Å²) in [7, 11) is 0. The van der Waals surface area contributed by atoms with E-state index in [1.54, 1.807) is 0 Å². The molecule has 2 aromatic rings. The van der Waals surface area contributed by atoms with Crippen molar-refractivity contribution in [3.05, 3.63) is 53.5 Å². The van der Waals surface area contributed by atoms with Gasteiger partial charge in [0.25, 0.3) is 0 Å². The van der Waals surface area contributed by atoms with E-state index in [4.69, 9.17) is 0 Å². The van der Waals surface area contributed by atoms with Crippen LogP contribution < -0.4 is 5.32 Å². The van der Waals surface area contributed by atoms with Crippen molar-refractivity contribution in [2.75, 3.05) is 5.32 Å². The summed E-state index contributed by atoms with van der Waals surface area (Å²) in [6, 6.07) is 3.49. The largest absolute Gasteiger partial charge is 0.335 e. The van der Waals surface area contributed by atoms with Crippen LogP contribution in [-0.4, -0.2) is 4.98 Å². The molecule has 0 atom stereocenters. The number of aromatic nitrogens is 1. The Hall–Kier alpha value is -2.18. The molecule has 1 heterocycles. The molecule has 1 aromatic heterocycles. The molecule has 1 aromatic carbocycles. The highest BCUT2D eigenvalue weighted by molar-refractivity contribution is 5.57. The van der Waals surface area contributed by atoms with E-state index in [1.807, 2.05) is 5.32 Å². The van der Waals surface area contributed by atoms with Crippen LogP contribution in [0, 0.1) is 29.2 Å². The Balaban J connectivity index is 2.46. The normalized spacial score (nSPS) is 10.5. The molecule has 0 radical (unpaired) electrons. The first-order valence-corrected chi connectivity index (χ1v) is 4.71. The molecule has 1 N–H and O–H groups in total. The summed E-state index contributed by atoms with van der Waals surface area (Å²) in [4.78, 5) is 3.25. The van der Waals surface area contributed by atoms with Gasteiger partial charge in [-0.05, 0) is 12.1 Å². The molecule has 18 heavy (non-hydrogen) atoms. The zero-order chi connectivity index (χ0) is 13.3. The van der Waals surface area contributed by atoms with Gasteiger partial charge in [-0.25, -0.2) is 22.5 Å². The summed E-state index contributed by atoms with van der Waals surface area (Å²) in [6.07, 6.45) is 0. The number of hydrogen-bond acceptors (Lipinski definition) is 2. The number of rotatable bonds is 2. The van der Waals surface area contributed by atoms with Gasteiger partial charge in [0.2, 0.25) is 5.95 Å². The summed E-state index contributed by atoms with van der Waals surface area (Å²) in [5, 5.41) is 1.98. The number of nitrogens with one attached hydrogen (secondary N) is 1. The van der Waals surface area contributed by atoms with Crippen molar-refractivity contribution in [2.24, 2.45) is 0 Å². The first-order chi connectivity index (χ1) is 8.49. The van der Waals surface area contributed by atoms with Crippen LogP contribution in [0.1, 0.15) is 0 Å². The van der Waals surface area contributed by atoms with Crippen LogP contribution in [0.25, 0.3) is 0 Å². The van der Waals surface area contributed by atoms with E-state index < -0.39 is 34.9 Å². The maximum atomic E-state index is 13.3. The average molecular weight is 260 g/mol. The smallest absolute Gasteiger partial charge is 0.214 e. The predicted octanol–water partition coefficient (Wildman–Crippen LogP) is 3.52. The fourth-order valence-corrected chi connectivity index (χ4v) is 1.29. The number of hydrogen-bond donors (Lipinski definition) is 1. The topological polar surface area (TPSA) is 24.9 Å². The lowest BCUT2D eigenvalue weighted by atomic mass is 10.2. The van der Waals surface area contributed by atoms with Gasteiger partial charge in [-0.2, -0.15) is 4.39 Å². The molecule has 0 saturated heterocycles. The Morgan fingerprint density at radius 2 is 1.50 bits per heavy atom. The Bertz CT molecular complexity index is 574. The monoisotopic (exact) mass is 260 g/mol. The third-order valence-corrected chi connectivity index (χ3v) is 2.08. The van der Waals surface area contributed by atoms with E-state index in [1.165, 1.54) is 12.1 Å². The van der Waals surface area contributed by atoms with E-state index in [-0.39, 0.29) is 11.9 Å². The van der Waals surface area contributed by atoms with Crippen molar-refractivity contribution in [1.82, 2.24) is 4.98 Å². The van der Waals surface area contributed by atoms with E-state index in [2.05, 4.69) is 4.98 Å². The van der Waals surface area contributed by atoms with E-state index >= 15 is 0 Å². The quantitative estimate of drug-likeness (QED) is 0.507. The van der Waals surface area contributed by atoms with Crippen molar-refractivity contribution >= 4 is 11.5 Å². The molecule has 0 bridgehead atoms. The molecule has 7 heteroatoms. The molecule has 2 rings (SSSR count). The van der Waals surface area contributed by atoms with Crippen molar-refractivity contribution in [1.29, 1.82) is 0 Å². The second-order valence-corrected chi connectivity index (χ2v) is 3.31. The Morgan fingerprint density at radius 1 is 0.889 bits per heavy atom. The number of pyridine rings is 1. The summed E-state index contributed by atoms with van der Waals surface area (Å²) in [5.74, 6) is -7.53. The fraction of sp³-hybridized carbons (Fsp3) is 0. The second kappa shape index (κ2) is 4.59. The van der Waals surface area contributed by atoms with E-state index in [0.717, 1.165) is 6.07 Å². The summed E-state index contributed by atoms with van der Waals surface area (Å²) < 4.78 is 65.0. The molecule has 0 spiro atoms. The molecule has 0 unspecified atom stereocenters. The zero-order valence-electron chi connectivity index (χ0n) is 8.65. The molecule has 0 fully saturated rings. The van der Waals surface area contributed by atoms with Crippen molar-refractivity contribution in [3.8, 4) is 0 Å². The van der Waals surface area contributed by atoms with Gasteiger partial charge in [0, 0.05) is 6.07 Å². The standard InChI is InChI=1S/C11H5F5N2/c12-5-4-6(13)10(16)11(9(5)15)18-8-3-1-2-7(14)17-8/h1-4H,(H,17,18). The highest BCUT2D eigenvalue weighted by Gasteiger charge is 2.19. The minimum atomic E-state index is -1.61. The number of nitrogens with zero attached hydrogens (tertiary/aromatic N) is 1. The van der Waals surface area contributed by atoms with Crippen LogP contribution in [0.3, 0.4) is 0 Å². The number of halogens is 5. The van der Waals surface area contributed by atoms with E-state index in [0.29, 0.717) is 0 Å². The van der Waals surface area contributed by atoms with Crippen LogP contribution in [0.2, 0.25) is 0 Å². The third-order valence-electron chi connectivity index (χ3n) is 2.08. The first kappa shape index (κ1) is 12.3. The molecule has 94 valence electrons. The van der Waals surface area contributed by atoms with Crippen molar-refractivity contribution in [2.45, 2.75) is 0 Å². The fourth-order valence-electron chi connectivity index (χ4n) is 1.29. The molecular weight excluding hydrogens is 255 g/mol. The Labute approximate surface area is 98.1 Å². The summed E-state index contributed by atoms with van der Waals surface area (Å²) in [6.45, 7) is 0. The highest BCUT2D eigenvalue weighted by atomic mass is 19.2. The number of benzene rings is 1. The van der Waals surface area contributed by atoms with Crippen LogP contribution >= 0.6 is 0 Å². The lowest BCUT2D eigenvalue weighted by Gasteiger charge is -2.09. The van der Waals surface area contributed by atoms with Crippen molar-refractivity contribution in [3.63, 3.8) is 0 Å². The van der Waals surface area contributed by atoms with Crippen LogP contribution in [0.15, 0.2) is 24.3 Å². The van der Waals surface area contributed by atoms with Crippen LogP contribution in [0.4, 0.5) is 33.5 Å². The van der Waals surface area contributed by atoms with Gasteiger partial charge in [-0.3, -0.25) is 0 Å². The second-order valence-electron chi connectivity index (χ2n) is 3.31. The molecule has 0 aliphatic rings. The predicted molar refractivity (Wildman–Crippen MR) is 53.8 cm³/mol. The maximum absolute atomic E-state index is 13.3. The molecule has 2 nitrogen and oxygen atoms in total. The third kappa shape index (κ3) is 2.24. The molecular formula is C11H5F5N2. The van der Waals surface area contributed by atoms with Gasteiger partial charge in [-0.1, -0.05) is 6.07 Å². The minimum Gasteiger partial charge on any atom is -0.335 e. The Morgan fingerprint density at radius 3 is 2.06 bits per heavy atom. The van der Waals surface area contributed by atoms with E-state index in [9.17, 15) is 22.0 Å². The first-order valence-electron chi connectivity index (χ1n) is 4.71. The lowest BCUT2D eigenvalue weighted by molar-refractivity contribution is 0.459. The van der Waals surface area contributed by atoms with Gasteiger partial charge in [0.15, 0.2) is 23.3 Å². The zero-order valence-corrected chi connectivity index (χ0v) is 8.65. The molecule has 0 aliphatic carbocycles. The summed E-state index contributed by atoms with van der Waals surface area (Å²) >= 11 is 0. The van der Waals surface area contributed by atoms with Gasteiger partial charge in [0.1, 0.15) is 11.5 Å². The lowest BCUT2D eigenvalue weighted by Crippen LogP contribution is -2.04. The maximum Gasteiger partial charge on any atom is 0.214 e. The van der Waals surface area contributed by atoms with Crippen LogP contribution in [0.5, 0.6) is 0 Å². The van der Waals surface area contributed by atoms with Gasteiger partial charge in [0.05, 0.1) is 0 Å². The van der Waals surface area contributed by atoms with Gasteiger partial charge in [-0.15, -0.1) is 0 Å². The van der Waals surface area contributed by atoms with Gasteiger partial charge >= 0.3 is 0 Å². The molecule has 0 amide bonds. The van der Waals surface area contributed by atoms with Gasteiger partial charge < -0.3 is 5.32 Å². The average Bonchev–Trinajstić information content (AvgIpc) is 2.32. The number of anilines is 2. The minimum absolute atomic E-state index is 0.0782. The van der Waals surface area contributed by atoms with Crippen LogP contribution in [-0.2, 0) is 0 Å². The van der Waals surface area contributed by atoms with Crippen molar-refractivity contribution < 1.29 is 22.0 Å².